The Morgan fingerprint density at radius 1 is 0.674 bits per heavy atom. The molecule has 0 fully saturated rings. The molecule has 1 nitrogen and oxygen atoms in total. The Kier molecular flexibility index (Phi) is 8.54. The Labute approximate surface area is 244 Å². The number of unbranched alkanes of at least 4 members (excludes halogenated alkanes) is 2. The average Bonchev–Trinajstić information content (AvgIpc) is 3.32. The summed E-state index contributed by atoms with van der Waals surface area (Å²) in [7, 11) is 0. The van der Waals surface area contributed by atoms with Crippen molar-refractivity contribution in [1.82, 2.24) is 0 Å². The standard InChI is InChI=1S/C34H28F8O/c1-3-4-5-6-19-9-20-7-8-21(11-22(20)10-19)23-12-28(37)32(29(38)13-23)24-14-30(39)33(31(40)15-24)34(41,42)43-25-16-26(35)18(2)27(36)17-25/h7-8,11-17,19H,3-6,9-10H2,1-2H3. The monoisotopic (exact) mass is 604 g/mol. The Bertz CT molecular complexity index is 1610. The van der Waals surface area contributed by atoms with Crippen molar-refractivity contribution in [2.24, 2.45) is 5.92 Å². The summed E-state index contributed by atoms with van der Waals surface area (Å²) in [6.07, 6.45) is 1.69. The molecule has 0 heterocycles. The summed E-state index contributed by atoms with van der Waals surface area (Å²) in [5.74, 6) is -8.93. The largest absolute Gasteiger partial charge is 0.432 e. The van der Waals surface area contributed by atoms with Gasteiger partial charge in [-0.3, -0.25) is 0 Å². The van der Waals surface area contributed by atoms with Gasteiger partial charge in [0.15, 0.2) is 0 Å². The number of benzene rings is 4. The highest BCUT2D eigenvalue weighted by molar-refractivity contribution is 5.73. The molecule has 0 amide bonds. The summed E-state index contributed by atoms with van der Waals surface area (Å²) in [5.41, 5.74) is -0.715. The number of halogens is 8. The molecular formula is C34H28F8O. The van der Waals surface area contributed by atoms with E-state index in [1.54, 1.807) is 6.07 Å². The normalized spacial score (nSPS) is 14.7. The number of hydrogen-bond acceptors (Lipinski definition) is 1. The summed E-state index contributed by atoms with van der Waals surface area (Å²) in [4.78, 5) is 0. The predicted octanol–water partition coefficient (Wildman–Crippen LogP) is 10.6. The first-order chi connectivity index (χ1) is 20.4. The fourth-order valence-electron chi connectivity index (χ4n) is 5.67. The lowest BCUT2D eigenvalue weighted by Gasteiger charge is -2.20. The van der Waals surface area contributed by atoms with E-state index in [9.17, 15) is 26.3 Å². The van der Waals surface area contributed by atoms with Crippen LogP contribution in [0.5, 0.6) is 5.75 Å². The second-order valence-electron chi connectivity index (χ2n) is 11.0. The van der Waals surface area contributed by atoms with Gasteiger partial charge in [-0.2, -0.15) is 8.78 Å². The third-order valence-corrected chi connectivity index (χ3v) is 7.94. The van der Waals surface area contributed by atoms with Crippen molar-refractivity contribution in [3.05, 3.63) is 112 Å². The van der Waals surface area contributed by atoms with Crippen LogP contribution in [0.1, 0.15) is 54.9 Å². The van der Waals surface area contributed by atoms with Crippen LogP contribution in [0.15, 0.2) is 54.6 Å². The molecule has 1 unspecified atom stereocenters. The first-order valence-electron chi connectivity index (χ1n) is 14.0. The van der Waals surface area contributed by atoms with Crippen molar-refractivity contribution in [2.45, 2.75) is 58.5 Å². The Morgan fingerprint density at radius 2 is 1.26 bits per heavy atom. The lowest BCUT2D eigenvalue weighted by atomic mass is 9.96. The quantitative estimate of drug-likeness (QED) is 0.136. The minimum absolute atomic E-state index is 0.214. The van der Waals surface area contributed by atoms with Crippen LogP contribution in [0.4, 0.5) is 35.1 Å². The van der Waals surface area contributed by atoms with Gasteiger partial charge in [0.05, 0.1) is 5.56 Å². The molecule has 1 aliphatic carbocycles. The van der Waals surface area contributed by atoms with Crippen LogP contribution >= 0.6 is 0 Å². The molecule has 0 spiro atoms. The predicted molar refractivity (Wildman–Crippen MR) is 148 cm³/mol. The van der Waals surface area contributed by atoms with Crippen LogP contribution in [-0.2, 0) is 19.0 Å². The molecule has 4 aromatic carbocycles. The van der Waals surface area contributed by atoms with Crippen molar-refractivity contribution >= 4 is 0 Å². The Balaban J connectivity index is 1.41. The second kappa shape index (κ2) is 12.0. The van der Waals surface area contributed by atoms with Crippen LogP contribution < -0.4 is 4.74 Å². The van der Waals surface area contributed by atoms with Crippen molar-refractivity contribution < 1.29 is 39.9 Å². The molecule has 226 valence electrons. The lowest BCUT2D eigenvalue weighted by molar-refractivity contribution is -0.189. The minimum atomic E-state index is -4.72. The van der Waals surface area contributed by atoms with Gasteiger partial charge in [0.25, 0.3) is 0 Å². The summed E-state index contributed by atoms with van der Waals surface area (Å²) in [6, 6.07) is 9.23. The Hall–Kier alpha value is -3.88. The van der Waals surface area contributed by atoms with Crippen molar-refractivity contribution in [1.29, 1.82) is 0 Å². The van der Waals surface area contributed by atoms with E-state index in [0.717, 1.165) is 56.7 Å². The molecule has 1 atom stereocenters. The van der Waals surface area contributed by atoms with Crippen LogP contribution in [0, 0.1) is 47.7 Å². The zero-order valence-corrected chi connectivity index (χ0v) is 23.4. The fraction of sp³-hybridized carbons (Fsp3) is 0.294. The van der Waals surface area contributed by atoms with Gasteiger partial charge in [-0.05, 0) is 84.2 Å². The van der Waals surface area contributed by atoms with Gasteiger partial charge in [-0.15, -0.1) is 0 Å². The van der Waals surface area contributed by atoms with Gasteiger partial charge in [-0.1, -0.05) is 44.4 Å². The van der Waals surface area contributed by atoms with E-state index >= 15 is 8.78 Å². The van der Waals surface area contributed by atoms with Gasteiger partial charge in [-0.25, -0.2) is 26.3 Å². The van der Waals surface area contributed by atoms with Gasteiger partial charge >= 0.3 is 6.11 Å². The molecule has 0 aromatic heterocycles. The minimum Gasteiger partial charge on any atom is -0.429 e. The first kappa shape index (κ1) is 30.6. The fourth-order valence-corrected chi connectivity index (χ4v) is 5.67. The molecule has 9 heteroatoms. The summed E-state index contributed by atoms with van der Waals surface area (Å²) < 4.78 is 122. The highest BCUT2D eigenvalue weighted by Gasteiger charge is 2.41. The smallest absolute Gasteiger partial charge is 0.429 e. The topological polar surface area (TPSA) is 9.23 Å². The third-order valence-electron chi connectivity index (χ3n) is 7.94. The molecule has 5 rings (SSSR count). The molecular weight excluding hydrogens is 576 g/mol. The molecule has 1 aliphatic rings. The Morgan fingerprint density at radius 3 is 1.86 bits per heavy atom. The molecule has 43 heavy (non-hydrogen) atoms. The molecule has 0 bridgehead atoms. The summed E-state index contributed by atoms with van der Waals surface area (Å²) in [5, 5.41) is 0. The van der Waals surface area contributed by atoms with Crippen LogP contribution in [0.3, 0.4) is 0 Å². The zero-order valence-electron chi connectivity index (χ0n) is 23.4. The van der Waals surface area contributed by atoms with Gasteiger partial charge in [0.1, 0.15) is 46.2 Å². The number of ether oxygens (including phenoxy) is 1. The molecule has 0 saturated carbocycles. The highest BCUT2D eigenvalue weighted by Crippen LogP contribution is 2.40. The lowest BCUT2D eigenvalue weighted by Crippen LogP contribution is -2.25. The van der Waals surface area contributed by atoms with E-state index < -0.39 is 69.0 Å². The van der Waals surface area contributed by atoms with E-state index in [-0.39, 0.29) is 5.56 Å². The maximum absolute atomic E-state index is 15.3. The first-order valence-corrected chi connectivity index (χ1v) is 14.0. The van der Waals surface area contributed by atoms with Crippen molar-refractivity contribution in [3.63, 3.8) is 0 Å². The van der Waals surface area contributed by atoms with E-state index in [1.165, 1.54) is 12.0 Å². The molecule has 0 radical (unpaired) electrons. The number of fused-ring (bicyclic) bond motifs is 1. The van der Waals surface area contributed by atoms with E-state index in [4.69, 9.17) is 0 Å². The van der Waals surface area contributed by atoms with Crippen LogP contribution in [0.2, 0.25) is 0 Å². The number of rotatable bonds is 9. The van der Waals surface area contributed by atoms with E-state index in [0.29, 0.717) is 35.7 Å². The van der Waals surface area contributed by atoms with Gasteiger partial charge < -0.3 is 4.74 Å². The van der Waals surface area contributed by atoms with E-state index in [1.807, 2.05) is 12.1 Å². The van der Waals surface area contributed by atoms with Crippen LogP contribution in [0.25, 0.3) is 22.3 Å². The molecule has 0 saturated heterocycles. The van der Waals surface area contributed by atoms with Crippen molar-refractivity contribution in [3.8, 4) is 28.0 Å². The highest BCUT2D eigenvalue weighted by atomic mass is 19.3. The van der Waals surface area contributed by atoms with Crippen molar-refractivity contribution in [2.75, 3.05) is 0 Å². The number of hydrogen-bond donors (Lipinski definition) is 0. The van der Waals surface area contributed by atoms with Gasteiger partial charge in [0, 0.05) is 17.7 Å². The average molecular weight is 605 g/mol. The molecule has 4 aromatic rings. The second-order valence-corrected chi connectivity index (χ2v) is 11.0. The maximum Gasteiger partial charge on any atom is 0.432 e. The SMILES string of the molecule is CCCCCC1Cc2ccc(-c3cc(F)c(-c4cc(F)c(C(F)(F)Oc5cc(F)c(C)c(F)c5)c(F)c4)c(F)c3)cc2C1. The molecule has 0 aliphatic heterocycles. The van der Waals surface area contributed by atoms with Crippen LogP contribution in [-0.4, -0.2) is 0 Å². The third kappa shape index (κ3) is 6.26. The zero-order chi connectivity index (χ0) is 31.1. The number of alkyl halides is 2. The van der Waals surface area contributed by atoms with E-state index in [2.05, 4.69) is 11.7 Å². The van der Waals surface area contributed by atoms with Gasteiger partial charge in [0.2, 0.25) is 0 Å². The molecule has 0 N–H and O–H groups in total. The summed E-state index contributed by atoms with van der Waals surface area (Å²) in [6.45, 7) is 3.21. The summed E-state index contributed by atoms with van der Waals surface area (Å²) >= 11 is 0. The maximum atomic E-state index is 15.3.